The Balaban J connectivity index is 1.90. The first-order valence-corrected chi connectivity index (χ1v) is 8.72. The second-order valence-electron chi connectivity index (χ2n) is 4.74. The van der Waals surface area contributed by atoms with Gasteiger partial charge in [-0.1, -0.05) is 12.1 Å². The minimum absolute atomic E-state index is 0.0909. The van der Waals surface area contributed by atoms with Crippen molar-refractivity contribution >= 4 is 32.2 Å². The summed E-state index contributed by atoms with van der Waals surface area (Å²) < 4.78 is 27.2. The summed E-state index contributed by atoms with van der Waals surface area (Å²) in [7, 11) is -3.67. The topological polar surface area (TPSA) is 85.1 Å². The van der Waals surface area contributed by atoms with Crippen molar-refractivity contribution in [2.75, 3.05) is 10.5 Å². The Morgan fingerprint density at radius 2 is 1.95 bits per heavy atom. The van der Waals surface area contributed by atoms with Gasteiger partial charge in [0.05, 0.1) is 11.4 Å². The maximum atomic E-state index is 12.3. The molecule has 0 spiro atoms. The van der Waals surface area contributed by atoms with Crippen LogP contribution in [0.1, 0.15) is 23.4 Å². The Kier molecular flexibility index (Phi) is 3.39. The van der Waals surface area contributed by atoms with Crippen LogP contribution in [0.25, 0.3) is 0 Å². The molecule has 0 saturated carbocycles. The zero-order chi connectivity index (χ0) is 14.2. The third-order valence-corrected chi connectivity index (χ3v) is 5.89. The smallest absolute Gasteiger partial charge is 0.265 e. The SMILES string of the molecule is Nc1ccccc1S(=O)(=O)Nc1nc2c(s1)CCCC2. The molecule has 0 radical (unpaired) electrons. The number of fused-ring (bicyclic) bond motifs is 1. The van der Waals surface area contributed by atoms with E-state index in [9.17, 15) is 8.42 Å². The summed E-state index contributed by atoms with van der Waals surface area (Å²) >= 11 is 1.42. The number of nitrogen functional groups attached to an aromatic ring is 1. The van der Waals surface area contributed by atoms with Gasteiger partial charge in [0.2, 0.25) is 0 Å². The highest BCUT2D eigenvalue weighted by Crippen LogP contribution is 2.31. The summed E-state index contributed by atoms with van der Waals surface area (Å²) in [5, 5.41) is 0.431. The predicted octanol–water partition coefficient (Wildman–Crippen LogP) is 2.40. The van der Waals surface area contributed by atoms with Crippen molar-refractivity contribution in [1.82, 2.24) is 4.98 Å². The number of nitrogens with one attached hydrogen (secondary N) is 1. The van der Waals surface area contributed by atoms with Crippen molar-refractivity contribution in [1.29, 1.82) is 0 Å². The first kappa shape index (κ1) is 13.4. The Labute approximate surface area is 121 Å². The average molecular weight is 309 g/mol. The molecule has 0 unspecified atom stereocenters. The van der Waals surface area contributed by atoms with E-state index in [4.69, 9.17) is 5.73 Å². The summed E-state index contributed by atoms with van der Waals surface area (Å²) in [6.07, 6.45) is 4.19. The van der Waals surface area contributed by atoms with Gasteiger partial charge in [-0.15, -0.1) is 11.3 Å². The van der Waals surface area contributed by atoms with Gasteiger partial charge in [-0.3, -0.25) is 4.72 Å². The molecule has 0 fully saturated rings. The third-order valence-electron chi connectivity index (χ3n) is 3.28. The van der Waals surface area contributed by atoms with Gasteiger partial charge in [0, 0.05) is 4.88 Å². The van der Waals surface area contributed by atoms with Crippen LogP contribution in [-0.4, -0.2) is 13.4 Å². The summed E-state index contributed by atoms with van der Waals surface area (Å²) in [6.45, 7) is 0. The van der Waals surface area contributed by atoms with Crippen molar-refractivity contribution in [3.63, 3.8) is 0 Å². The van der Waals surface area contributed by atoms with Gasteiger partial charge >= 0.3 is 0 Å². The van der Waals surface area contributed by atoms with Crippen LogP contribution in [0.5, 0.6) is 0 Å². The molecule has 3 rings (SSSR count). The highest BCUT2D eigenvalue weighted by molar-refractivity contribution is 7.93. The summed E-state index contributed by atoms with van der Waals surface area (Å²) in [4.78, 5) is 5.66. The minimum Gasteiger partial charge on any atom is -0.398 e. The van der Waals surface area contributed by atoms with Crippen LogP contribution in [0, 0.1) is 0 Å². The lowest BCUT2D eigenvalue weighted by Gasteiger charge is -2.07. The van der Waals surface area contributed by atoms with E-state index in [2.05, 4.69) is 9.71 Å². The number of sulfonamides is 1. The molecular formula is C13H15N3O2S2. The second kappa shape index (κ2) is 5.06. The molecule has 1 aromatic heterocycles. The normalized spacial score (nSPS) is 14.8. The van der Waals surface area contributed by atoms with Gasteiger partial charge in [-0.2, -0.15) is 0 Å². The number of aromatic nitrogens is 1. The first-order chi connectivity index (χ1) is 9.56. The summed E-state index contributed by atoms with van der Waals surface area (Å²) in [5.74, 6) is 0. The molecule has 7 heteroatoms. The molecule has 0 atom stereocenters. The van der Waals surface area contributed by atoms with Crippen LogP contribution in [0.15, 0.2) is 29.2 Å². The first-order valence-electron chi connectivity index (χ1n) is 6.42. The minimum atomic E-state index is -3.67. The van der Waals surface area contributed by atoms with Crippen molar-refractivity contribution in [3.05, 3.63) is 34.8 Å². The third kappa shape index (κ3) is 2.51. The number of para-hydroxylation sites is 1. The molecule has 3 N–H and O–H groups in total. The van der Waals surface area contributed by atoms with Gasteiger partial charge in [-0.05, 0) is 37.8 Å². The fraction of sp³-hybridized carbons (Fsp3) is 0.308. The number of hydrogen-bond donors (Lipinski definition) is 2. The Morgan fingerprint density at radius 1 is 1.20 bits per heavy atom. The second-order valence-corrected chi connectivity index (χ2v) is 7.47. The van der Waals surface area contributed by atoms with Gasteiger partial charge in [0.1, 0.15) is 4.90 Å². The Bertz CT molecular complexity index is 714. The molecule has 1 aromatic carbocycles. The molecular weight excluding hydrogens is 294 g/mol. The van der Waals surface area contributed by atoms with E-state index in [0.717, 1.165) is 31.4 Å². The molecule has 0 amide bonds. The van der Waals surface area contributed by atoms with E-state index in [1.807, 2.05) is 0 Å². The van der Waals surface area contributed by atoms with Crippen LogP contribution in [0.2, 0.25) is 0 Å². The molecule has 0 aliphatic heterocycles. The van der Waals surface area contributed by atoms with E-state index in [1.165, 1.54) is 22.3 Å². The van der Waals surface area contributed by atoms with Crippen LogP contribution in [0.3, 0.4) is 0 Å². The lowest BCUT2D eigenvalue weighted by Crippen LogP contribution is -2.14. The number of hydrogen-bond acceptors (Lipinski definition) is 5. The number of nitrogens with zero attached hydrogens (tertiary/aromatic N) is 1. The van der Waals surface area contributed by atoms with Crippen molar-refractivity contribution in [2.45, 2.75) is 30.6 Å². The zero-order valence-corrected chi connectivity index (χ0v) is 12.4. The van der Waals surface area contributed by atoms with Crippen molar-refractivity contribution in [2.24, 2.45) is 0 Å². The van der Waals surface area contributed by atoms with Gasteiger partial charge in [-0.25, -0.2) is 13.4 Å². The Hall–Kier alpha value is -1.60. The molecule has 1 heterocycles. The van der Waals surface area contributed by atoms with E-state index >= 15 is 0 Å². The molecule has 2 aromatic rings. The standard InChI is InChI=1S/C13H15N3O2S2/c14-9-5-1-4-8-12(9)20(17,18)16-13-15-10-6-2-3-7-11(10)19-13/h1,4-5,8H,2-3,6-7,14H2,(H,15,16). The quantitative estimate of drug-likeness (QED) is 0.853. The van der Waals surface area contributed by atoms with E-state index < -0.39 is 10.0 Å². The molecule has 0 saturated heterocycles. The largest absolute Gasteiger partial charge is 0.398 e. The number of benzene rings is 1. The molecule has 20 heavy (non-hydrogen) atoms. The zero-order valence-electron chi connectivity index (χ0n) is 10.8. The number of thiazole rings is 1. The Morgan fingerprint density at radius 3 is 2.70 bits per heavy atom. The number of aryl methyl sites for hydroxylation is 2. The maximum Gasteiger partial charge on any atom is 0.265 e. The monoisotopic (exact) mass is 309 g/mol. The molecule has 5 nitrogen and oxygen atoms in total. The fourth-order valence-electron chi connectivity index (χ4n) is 2.29. The summed E-state index contributed by atoms with van der Waals surface area (Å²) in [5.41, 5.74) is 6.99. The number of rotatable bonds is 3. The van der Waals surface area contributed by atoms with Gasteiger partial charge < -0.3 is 5.73 Å². The highest BCUT2D eigenvalue weighted by Gasteiger charge is 2.21. The fourth-order valence-corrected chi connectivity index (χ4v) is 4.71. The molecule has 0 bridgehead atoms. The lowest BCUT2D eigenvalue weighted by atomic mass is 10.0. The number of anilines is 2. The van der Waals surface area contributed by atoms with Crippen LogP contribution in [0.4, 0.5) is 10.8 Å². The summed E-state index contributed by atoms with van der Waals surface area (Å²) in [6, 6.07) is 6.42. The molecule has 106 valence electrons. The highest BCUT2D eigenvalue weighted by atomic mass is 32.2. The number of nitrogens with two attached hydrogens (primary N) is 1. The molecule has 1 aliphatic carbocycles. The van der Waals surface area contributed by atoms with Gasteiger partial charge in [0.25, 0.3) is 10.0 Å². The van der Waals surface area contributed by atoms with E-state index in [1.54, 1.807) is 18.2 Å². The van der Waals surface area contributed by atoms with Crippen LogP contribution >= 0.6 is 11.3 Å². The predicted molar refractivity (Wildman–Crippen MR) is 80.4 cm³/mol. The molecule has 1 aliphatic rings. The lowest BCUT2D eigenvalue weighted by molar-refractivity contribution is 0.601. The van der Waals surface area contributed by atoms with Crippen molar-refractivity contribution in [3.8, 4) is 0 Å². The van der Waals surface area contributed by atoms with Crippen LogP contribution < -0.4 is 10.5 Å². The van der Waals surface area contributed by atoms with Crippen molar-refractivity contribution < 1.29 is 8.42 Å². The van der Waals surface area contributed by atoms with Crippen LogP contribution in [-0.2, 0) is 22.9 Å². The maximum absolute atomic E-state index is 12.3. The van der Waals surface area contributed by atoms with Gasteiger partial charge in [0.15, 0.2) is 5.13 Å². The van der Waals surface area contributed by atoms with E-state index in [0.29, 0.717) is 5.13 Å². The average Bonchev–Trinajstić information content (AvgIpc) is 2.80. The van der Waals surface area contributed by atoms with E-state index in [-0.39, 0.29) is 10.6 Å².